The third-order valence-corrected chi connectivity index (χ3v) is 0. The Morgan fingerprint density at radius 1 is 0.800 bits per heavy atom. The van der Waals surface area contributed by atoms with Gasteiger partial charge >= 0.3 is 0 Å². The van der Waals surface area contributed by atoms with Crippen LogP contribution in [0.15, 0.2) is 0 Å². The molecule has 5 heavy (non-hydrogen) atoms. The fourth-order valence-electron chi connectivity index (χ4n) is 0. The molecule has 0 aliphatic heterocycles. The Bertz CT molecular complexity index is 9.61. The van der Waals surface area contributed by atoms with Crippen molar-refractivity contribution < 1.29 is 65.6 Å². The van der Waals surface area contributed by atoms with Crippen LogP contribution >= 0.6 is 0 Å². The van der Waals surface area contributed by atoms with Gasteiger partial charge in [0.2, 0.25) is 0 Å². The number of rotatable bonds is 0. The van der Waals surface area contributed by atoms with E-state index >= 15 is 0 Å². The average molecular weight is 346 g/mol. The van der Waals surface area contributed by atoms with Crippen LogP contribution in [0, 0.1) is 0 Å². The molecule has 0 aromatic rings. The topological polar surface area (TPSA) is 63.0 Å². The normalized spacial score (nSPS) is 0. The maximum atomic E-state index is 0. The standard InChI is InChI=1S/Fe.Ni.2H2O.Pt/h;;2*1H2;. The Morgan fingerprint density at radius 2 is 0.800 bits per heavy atom. The molecule has 0 aromatic heterocycles. The Balaban J connectivity index is 0. The van der Waals surface area contributed by atoms with Crippen molar-refractivity contribution in [3.8, 4) is 0 Å². The molecule has 0 spiro atoms. The van der Waals surface area contributed by atoms with E-state index in [1.54, 1.807) is 0 Å². The van der Waals surface area contributed by atoms with Gasteiger partial charge in [-0.3, -0.25) is 0 Å². The van der Waals surface area contributed by atoms with E-state index in [0.717, 1.165) is 0 Å². The van der Waals surface area contributed by atoms with Crippen LogP contribution in [-0.4, -0.2) is 11.0 Å². The predicted molar refractivity (Wildman–Crippen MR) is 7.23 cm³/mol. The van der Waals surface area contributed by atoms with Gasteiger partial charge in [0.25, 0.3) is 0 Å². The van der Waals surface area contributed by atoms with Crippen LogP contribution in [0.4, 0.5) is 0 Å². The first kappa shape index (κ1) is 79.6. The van der Waals surface area contributed by atoms with Crippen LogP contribution in [-0.2, 0) is 54.6 Å². The van der Waals surface area contributed by atoms with Crippen LogP contribution in [0.25, 0.3) is 0 Å². The second-order valence-corrected chi connectivity index (χ2v) is 0. The van der Waals surface area contributed by atoms with Gasteiger partial charge in [-0.15, -0.1) is 0 Å². The summed E-state index contributed by atoms with van der Waals surface area (Å²) in [6.45, 7) is 0. The summed E-state index contributed by atoms with van der Waals surface area (Å²) in [5.41, 5.74) is 0. The Morgan fingerprint density at radius 3 is 0.800 bits per heavy atom. The van der Waals surface area contributed by atoms with Crippen LogP contribution < -0.4 is 0 Å². The molecule has 0 saturated carbocycles. The van der Waals surface area contributed by atoms with E-state index in [1.165, 1.54) is 0 Å². The zero-order chi connectivity index (χ0) is 0. The third kappa shape index (κ3) is 28.0. The van der Waals surface area contributed by atoms with Crippen LogP contribution in [0.1, 0.15) is 0 Å². The summed E-state index contributed by atoms with van der Waals surface area (Å²) in [5, 5.41) is 0. The molecule has 44 valence electrons. The molecule has 0 aliphatic carbocycles. The van der Waals surface area contributed by atoms with E-state index < -0.39 is 0 Å². The molecule has 0 atom stereocenters. The van der Waals surface area contributed by atoms with Gasteiger partial charge in [0, 0.05) is 54.6 Å². The maximum absolute atomic E-state index is 0. The van der Waals surface area contributed by atoms with Crippen LogP contribution in [0.2, 0.25) is 0 Å². The zero-order valence-corrected chi connectivity index (χ0v) is 6.35. The van der Waals surface area contributed by atoms with Crippen molar-refractivity contribution in [3.05, 3.63) is 0 Å². The minimum Gasteiger partial charge on any atom is -0.412 e. The molecule has 4 N–H and O–H groups in total. The van der Waals surface area contributed by atoms with E-state index in [2.05, 4.69) is 0 Å². The van der Waals surface area contributed by atoms with Crippen molar-refractivity contribution in [1.29, 1.82) is 0 Å². The molecular formula is H4FeNiO2Pt. The average Bonchev–Trinajstić information content (AvgIpc) is 0. The van der Waals surface area contributed by atoms with Crippen LogP contribution in [0.5, 0.6) is 0 Å². The van der Waals surface area contributed by atoms with Crippen molar-refractivity contribution in [3.63, 3.8) is 0 Å². The molecule has 0 aromatic carbocycles. The fraction of sp³-hybridized carbons (Fsp3) is 0. The Labute approximate surface area is 65.4 Å². The van der Waals surface area contributed by atoms with Crippen molar-refractivity contribution in [2.75, 3.05) is 0 Å². The predicted octanol–water partition coefficient (Wildman–Crippen LogP) is -1.66. The minimum absolute atomic E-state index is 0. The Kier molecular flexibility index (Phi) is 727. The quantitative estimate of drug-likeness (QED) is 0.472. The van der Waals surface area contributed by atoms with Gasteiger partial charge in [0.1, 0.15) is 0 Å². The molecule has 0 radical (unpaired) electrons. The van der Waals surface area contributed by atoms with Crippen molar-refractivity contribution >= 4 is 0 Å². The minimum atomic E-state index is 0. The van der Waals surface area contributed by atoms with Gasteiger partial charge in [-0.1, -0.05) is 0 Å². The SMILES string of the molecule is O.O.[Fe].[Ni].[Pt]. The van der Waals surface area contributed by atoms with Gasteiger partial charge < -0.3 is 11.0 Å². The second-order valence-electron chi connectivity index (χ2n) is 0. The van der Waals surface area contributed by atoms with E-state index in [9.17, 15) is 0 Å². The molecule has 0 amide bonds. The fourth-order valence-corrected chi connectivity index (χ4v) is 0. The van der Waals surface area contributed by atoms with E-state index in [0.29, 0.717) is 0 Å². The van der Waals surface area contributed by atoms with E-state index in [1.807, 2.05) is 0 Å². The van der Waals surface area contributed by atoms with Crippen molar-refractivity contribution in [2.45, 2.75) is 0 Å². The summed E-state index contributed by atoms with van der Waals surface area (Å²) >= 11 is 0. The van der Waals surface area contributed by atoms with Crippen LogP contribution in [0.3, 0.4) is 0 Å². The molecule has 0 bridgehead atoms. The first-order valence-electron chi connectivity index (χ1n) is 0. The summed E-state index contributed by atoms with van der Waals surface area (Å²) in [6.07, 6.45) is 0. The number of hydrogen-bond acceptors (Lipinski definition) is 0. The molecule has 5 heteroatoms. The van der Waals surface area contributed by atoms with Gasteiger partial charge in [0.05, 0.1) is 0 Å². The maximum Gasteiger partial charge on any atom is 0 e. The zero-order valence-electron chi connectivity index (χ0n) is 1.99. The summed E-state index contributed by atoms with van der Waals surface area (Å²) in [4.78, 5) is 0. The van der Waals surface area contributed by atoms with E-state index in [4.69, 9.17) is 0 Å². The van der Waals surface area contributed by atoms with Gasteiger partial charge in [-0.2, -0.15) is 0 Å². The van der Waals surface area contributed by atoms with Gasteiger partial charge in [-0.05, 0) is 0 Å². The molecule has 0 heterocycles. The first-order valence-corrected chi connectivity index (χ1v) is 0. The molecule has 0 aliphatic rings. The smallest absolute Gasteiger partial charge is 0 e. The summed E-state index contributed by atoms with van der Waals surface area (Å²) in [5.74, 6) is 0. The molecular weight excluding hydrogens is 342 g/mol. The first-order chi connectivity index (χ1) is 0. The molecule has 0 saturated heterocycles. The number of hydrogen-bond donors (Lipinski definition) is 0. The monoisotopic (exact) mass is 345 g/mol. The summed E-state index contributed by atoms with van der Waals surface area (Å²) in [6, 6.07) is 0. The third-order valence-electron chi connectivity index (χ3n) is 0. The van der Waals surface area contributed by atoms with E-state index in [-0.39, 0.29) is 65.6 Å². The largest absolute Gasteiger partial charge is 0.412 e. The molecule has 0 unspecified atom stereocenters. The molecule has 2 nitrogen and oxygen atoms in total. The van der Waals surface area contributed by atoms with Gasteiger partial charge in [-0.25, -0.2) is 0 Å². The van der Waals surface area contributed by atoms with Crippen molar-refractivity contribution in [2.24, 2.45) is 0 Å². The molecule has 0 rings (SSSR count). The molecule has 0 fully saturated rings. The van der Waals surface area contributed by atoms with Gasteiger partial charge in [0.15, 0.2) is 0 Å². The van der Waals surface area contributed by atoms with Crippen molar-refractivity contribution in [1.82, 2.24) is 0 Å². The Hall–Kier alpha value is 1.62. The summed E-state index contributed by atoms with van der Waals surface area (Å²) < 4.78 is 0. The second kappa shape index (κ2) is 45.7. The summed E-state index contributed by atoms with van der Waals surface area (Å²) in [7, 11) is 0.